The number of hydrogen-bond acceptors (Lipinski definition) is 6. The molecule has 26 heavy (non-hydrogen) atoms. The molecule has 8 nitrogen and oxygen atoms in total. The Bertz CT molecular complexity index is 857. The molecular formula is C18H23N3O5. The first-order valence-electron chi connectivity index (χ1n) is 8.52. The molecule has 3 atom stereocenters. The maximum absolute atomic E-state index is 13.2. The predicted octanol–water partition coefficient (Wildman–Crippen LogP) is 1.67. The summed E-state index contributed by atoms with van der Waals surface area (Å²) in [6.45, 7) is 5.57. The molecule has 1 amide bonds. The highest BCUT2D eigenvalue weighted by Gasteiger charge is 2.49. The van der Waals surface area contributed by atoms with Crippen LogP contribution in [0.5, 0.6) is 5.88 Å². The quantitative estimate of drug-likeness (QED) is 0.877. The number of hydrogen-bond donors (Lipinski definition) is 1. The highest BCUT2D eigenvalue weighted by molar-refractivity contribution is 5.82. The summed E-state index contributed by atoms with van der Waals surface area (Å²) in [5.74, 6) is 0.514. The molecule has 140 valence electrons. The van der Waals surface area contributed by atoms with Crippen molar-refractivity contribution in [3.63, 3.8) is 0 Å². The van der Waals surface area contributed by atoms with E-state index in [0.717, 1.165) is 0 Å². The van der Waals surface area contributed by atoms with E-state index < -0.39 is 11.8 Å². The van der Waals surface area contributed by atoms with Gasteiger partial charge in [0.15, 0.2) is 5.82 Å². The van der Waals surface area contributed by atoms with Crippen molar-refractivity contribution in [2.75, 3.05) is 14.2 Å². The van der Waals surface area contributed by atoms with Gasteiger partial charge in [0, 0.05) is 19.1 Å². The molecule has 1 aromatic heterocycles. The molecule has 3 rings (SSSR count). The van der Waals surface area contributed by atoms with Gasteiger partial charge >= 0.3 is 0 Å². The van der Waals surface area contributed by atoms with Crippen LogP contribution in [0.4, 0.5) is 0 Å². The van der Waals surface area contributed by atoms with E-state index in [2.05, 4.69) is 10.3 Å². The van der Waals surface area contributed by atoms with Crippen LogP contribution in [-0.2, 0) is 20.0 Å². The van der Waals surface area contributed by atoms with Crippen LogP contribution in [0.25, 0.3) is 6.08 Å². The van der Waals surface area contributed by atoms with Crippen molar-refractivity contribution in [1.29, 1.82) is 0 Å². The summed E-state index contributed by atoms with van der Waals surface area (Å²) in [5, 5.41) is 2.91. The first kappa shape index (κ1) is 18.2. The van der Waals surface area contributed by atoms with Crippen LogP contribution in [0, 0.1) is 5.92 Å². The zero-order chi connectivity index (χ0) is 19.1. The fourth-order valence-corrected chi connectivity index (χ4v) is 3.28. The van der Waals surface area contributed by atoms with Gasteiger partial charge in [0.05, 0.1) is 13.4 Å². The van der Waals surface area contributed by atoms with E-state index in [1.807, 2.05) is 13.8 Å². The van der Waals surface area contributed by atoms with Crippen LogP contribution in [0.15, 0.2) is 22.9 Å². The van der Waals surface area contributed by atoms with Crippen LogP contribution >= 0.6 is 0 Å². The molecule has 3 heterocycles. The molecule has 0 aliphatic carbocycles. The lowest BCUT2D eigenvalue weighted by Crippen LogP contribution is -2.61. The van der Waals surface area contributed by atoms with E-state index in [1.165, 1.54) is 25.0 Å². The van der Waals surface area contributed by atoms with Gasteiger partial charge in [0.1, 0.15) is 17.4 Å². The number of methoxy groups -OCH3 is 2. The number of allylic oxidation sites excluding steroid dienone is 1. The van der Waals surface area contributed by atoms with E-state index in [-0.39, 0.29) is 28.8 Å². The third-order valence-electron chi connectivity index (χ3n) is 5.09. The Morgan fingerprint density at radius 2 is 2.15 bits per heavy atom. The van der Waals surface area contributed by atoms with E-state index in [0.29, 0.717) is 18.0 Å². The minimum absolute atomic E-state index is 0.119. The molecule has 1 N–H and O–H groups in total. The van der Waals surface area contributed by atoms with Crippen molar-refractivity contribution >= 4 is 12.0 Å². The first-order valence-corrected chi connectivity index (χ1v) is 8.52. The number of nitrogens with one attached hydrogen (secondary N) is 1. The summed E-state index contributed by atoms with van der Waals surface area (Å²) in [5.41, 5.74) is -1.36. The van der Waals surface area contributed by atoms with Crippen LogP contribution < -0.4 is 15.6 Å². The lowest BCUT2D eigenvalue weighted by molar-refractivity contribution is -0.152. The molecule has 0 bridgehead atoms. The summed E-state index contributed by atoms with van der Waals surface area (Å²) in [4.78, 5) is 30.4. The smallest absolute Gasteiger partial charge is 0.265 e. The fourth-order valence-electron chi connectivity index (χ4n) is 3.28. The molecule has 1 aromatic rings. The molecule has 0 spiro atoms. The number of aromatic nitrogens is 2. The molecule has 3 unspecified atom stereocenters. The van der Waals surface area contributed by atoms with E-state index in [9.17, 15) is 9.59 Å². The normalized spacial score (nSPS) is 25.2. The van der Waals surface area contributed by atoms with Gasteiger partial charge in [-0.1, -0.05) is 13.8 Å². The third-order valence-corrected chi connectivity index (χ3v) is 5.09. The van der Waals surface area contributed by atoms with Gasteiger partial charge in [-0.2, -0.15) is 4.98 Å². The molecule has 2 aliphatic rings. The Kier molecular flexibility index (Phi) is 4.62. The zero-order valence-corrected chi connectivity index (χ0v) is 15.5. The minimum Gasteiger partial charge on any atom is -0.497 e. The molecule has 2 aliphatic heterocycles. The summed E-state index contributed by atoms with van der Waals surface area (Å²) in [7, 11) is 2.99. The minimum atomic E-state index is -1.21. The van der Waals surface area contributed by atoms with Crippen molar-refractivity contribution in [2.45, 2.75) is 39.0 Å². The SMILES string of the molecule is CCC(C)C1(OC)NC(=O)C(C)n2c1nc1c(c2=O)C=C(OC)C=CO1. The van der Waals surface area contributed by atoms with Crippen LogP contribution in [0.1, 0.15) is 44.6 Å². The maximum atomic E-state index is 13.2. The zero-order valence-electron chi connectivity index (χ0n) is 15.5. The second-order valence-electron chi connectivity index (χ2n) is 6.42. The number of nitrogens with zero attached hydrogens (tertiary/aromatic N) is 2. The highest BCUT2D eigenvalue weighted by Crippen LogP contribution is 2.37. The number of fused-ring (bicyclic) bond motifs is 2. The van der Waals surface area contributed by atoms with Gasteiger partial charge in [-0.25, -0.2) is 0 Å². The Morgan fingerprint density at radius 3 is 2.77 bits per heavy atom. The van der Waals surface area contributed by atoms with Gasteiger partial charge in [-0.3, -0.25) is 14.2 Å². The number of carbonyl (C=O) groups is 1. The Morgan fingerprint density at radius 1 is 1.42 bits per heavy atom. The highest BCUT2D eigenvalue weighted by atomic mass is 16.5. The summed E-state index contributed by atoms with van der Waals surface area (Å²) in [6, 6.07) is -0.724. The first-order chi connectivity index (χ1) is 12.4. The molecule has 0 radical (unpaired) electrons. The molecule has 8 heteroatoms. The number of rotatable bonds is 4. The van der Waals surface area contributed by atoms with Gasteiger partial charge in [0.25, 0.3) is 5.56 Å². The van der Waals surface area contributed by atoms with Crippen molar-refractivity contribution in [3.8, 4) is 5.88 Å². The second kappa shape index (κ2) is 6.60. The van der Waals surface area contributed by atoms with E-state index >= 15 is 0 Å². The van der Waals surface area contributed by atoms with Gasteiger partial charge in [-0.05, 0) is 19.4 Å². The van der Waals surface area contributed by atoms with Crippen LogP contribution in [-0.4, -0.2) is 29.7 Å². The third kappa shape index (κ3) is 2.52. The lowest BCUT2D eigenvalue weighted by Gasteiger charge is -2.43. The summed E-state index contributed by atoms with van der Waals surface area (Å²) in [6.07, 6.45) is 5.27. The average Bonchev–Trinajstić information content (AvgIpc) is 2.86. The van der Waals surface area contributed by atoms with Gasteiger partial charge in [0.2, 0.25) is 17.5 Å². The standard InChI is InChI=1S/C18H23N3O5/c1-6-10(2)18(25-5)17-19-15-13(9-12(24-4)7-8-26-15)16(23)21(17)11(3)14(22)20-18/h7-11H,6H2,1-5H3,(H,20,22). The maximum Gasteiger partial charge on any atom is 0.265 e. The van der Waals surface area contributed by atoms with Crippen LogP contribution in [0.3, 0.4) is 0 Å². The largest absolute Gasteiger partial charge is 0.497 e. The summed E-state index contributed by atoms with van der Waals surface area (Å²) < 4.78 is 17.9. The Labute approximate surface area is 151 Å². The lowest BCUT2D eigenvalue weighted by atomic mass is 9.90. The molecule has 0 saturated heterocycles. The molecule has 0 aromatic carbocycles. The monoisotopic (exact) mass is 361 g/mol. The average molecular weight is 361 g/mol. The Balaban J connectivity index is 2.35. The van der Waals surface area contributed by atoms with E-state index in [4.69, 9.17) is 14.2 Å². The van der Waals surface area contributed by atoms with E-state index in [1.54, 1.807) is 19.1 Å². The number of amides is 1. The van der Waals surface area contributed by atoms with Crippen molar-refractivity contribution < 1.29 is 19.0 Å². The molecule has 0 fully saturated rings. The fraction of sp³-hybridized carbons (Fsp3) is 0.500. The predicted molar refractivity (Wildman–Crippen MR) is 94.2 cm³/mol. The van der Waals surface area contributed by atoms with Gasteiger partial charge in [-0.15, -0.1) is 0 Å². The van der Waals surface area contributed by atoms with Crippen LogP contribution in [0.2, 0.25) is 0 Å². The van der Waals surface area contributed by atoms with Crippen molar-refractivity contribution in [3.05, 3.63) is 39.8 Å². The topological polar surface area (TPSA) is 91.7 Å². The van der Waals surface area contributed by atoms with Crippen molar-refractivity contribution in [1.82, 2.24) is 14.9 Å². The second-order valence-corrected chi connectivity index (χ2v) is 6.42. The summed E-state index contributed by atoms with van der Waals surface area (Å²) >= 11 is 0. The van der Waals surface area contributed by atoms with Crippen molar-refractivity contribution in [2.24, 2.45) is 5.92 Å². The Hall–Kier alpha value is -2.61. The van der Waals surface area contributed by atoms with Gasteiger partial charge < -0.3 is 19.5 Å². The number of ether oxygens (including phenoxy) is 3. The number of carbonyl (C=O) groups excluding carboxylic acids is 1. The molecular weight excluding hydrogens is 338 g/mol. The molecule has 0 saturated carbocycles.